The smallest absolute Gasteiger partial charge is 0.329 e. The molecule has 0 fully saturated rings. The Kier molecular flexibility index (Phi) is 5.36. The number of hydrogen-bond donors (Lipinski definition) is 1. The van der Waals surface area contributed by atoms with Crippen molar-refractivity contribution in [3.05, 3.63) is 29.3 Å². The Bertz CT molecular complexity index is 425. The quantitative estimate of drug-likeness (QED) is 0.801. The highest BCUT2D eigenvalue weighted by Gasteiger charge is 2.34. The van der Waals surface area contributed by atoms with E-state index in [1.54, 1.807) is 6.92 Å². The largest absolute Gasteiger partial charge is 0.491 e. The van der Waals surface area contributed by atoms with Gasteiger partial charge >= 0.3 is 5.97 Å². The van der Waals surface area contributed by atoms with Crippen molar-refractivity contribution >= 4 is 5.97 Å². The second kappa shape index (κ2) is 6.57. The fraction of sp³-hybridized carbons (Fsp3) is 0.533. The minimum atomic E-state index is -0.832. The zero-order chi connectivity index (χ0) is 14.5. The molecule has 19 heavy (non-hydrogen) atoms. The van der Waals surface area contributed by atoms with E-state index in [0.717, 1.165) is 16.9 Å². The number of nitrogens with one attached hydrogen (secondary N) is 1. The summed E-state index contributed by atoms with van der Waals surface area (Å²) in [6.07, 6.45) is 0. The van der Waals surface area contributed by atoms with Gasteiger partial charge in [0.2, 0.25) is 0 Å². The predicted octanol–water partition coefficient (Wildman–Crippen LogP) is 2.22. The number of ether oxygens (including phenoxy) is 2. The number of carbonyl (C=O) groups is 1. The molecule has 1 aromatic rings. The monoisotopic (exact) mass is 265 g/mol. The average Bonchev–Trinajstić information content (AvgIpc) is 2.34. The Labute approximate surface area is 115 Å². The molecule has 0 saturated carbocycles. The van der Waals surface area contributed by atoms with E-state index in [4.69, 9.17) is 9.47 Å². The van der Waals surface area contributed by atoms with Crippen LogP contribution >= 0.6 is 0 Å². The molecule has 0 spiro atoms. The lowest BCUT2D eigenvalue weighted by Crippen LogP contribution is -2.54. The SMILES string of the molecule is CCNC(C)(COc1cc(C)cc(C)c1)C(=O)OC. The van der Waals surface area contributed by atoms with Crippen LogP contribution in [0.3, 0.4) is 0 Å². The van der Waals surface area contributed by atoms with Crippen molar-refractivity contribution in [1.82, 2.24) is 5.32 Å². The van der Waals surface area contributed by atoms with Crippen molar-refractivity contribution in [3.63, 3.8) is 0 Å². The third-order valence-electron chi connectivity index (χ3n) is 2.93. The van der Waals surface area contributed by atoms with Gasteiger partial charge < -0.3 is 9.47 Å². The highest BCUT2D eigenvalue weighted by atomic mass is 16.5. The van der Waals surface area contributed by atoms with Gasteiger partial charge in [-0.15, -0.1) is 0 Å². The van der Waals surface area contributed by atoms with Gasteiger partial charge in [0.25, 0.3) is 0 Å². The standard InChI is InChI=1S/C15H23NO3/c1-6-16-15(4,14(17)18-5)10-19-13-8-11(2)7-12(3)9-13/h7-9,16H,6,10H2,1-5H3. The number of aryl methyl sites for hydroxylation is 2. The second-order valence-corrected chi connectivity index (χ2v) is 4.97. The molecule has 1 N–H and O–H groups in total. The summed E-state index contributed by atoms with van der Waals surface area (Å²) in [5.41, 5.74) is 1.44. The fourth-order valence-electron chi connectivity index (χ4n) is 2.04. The van der Waals surface area contributed by atoms with E-state index in [1.807, 2.05) is 32.9 Å². The van der Waals surface area contributed by atoms with Gasteiger partial charge in [-0.05, 0) is 50.6 Å². The summed E-state index contributed by atoms with van der Waals surface area (Å²) >= 11 is 0. The molecule has 0 aromatic heterocycles. The molecule has 1 unspecified atom stereocenters. The van der Waals surface area contributed by atoms with Crippen LogP contribution < -0.4 is 10.1 Å². The second-order valence-electron chi connectivity index (χ2n) is 4.97. The van der Waals surface area contributed by atoms with Gasteiger partial charge in [0.05, 0.1) is 7.11 Å². The molecule has 1 rings (SSSR count). The van der Waals surface area contributed by atoms with Crippen LogP contribution in [-0.2, 0) is 9.53 Å². The maximum Gasteiger partial charge on any atom is 0.329 e. The summed E-state index contributed by atoms with van der Waals surface area (Å²) in [6.45, 7) is 8.66. The summed E-state index contributed by atoms with van der Waals surface area (Å²) in [5.74, 6) is 0.448. The summed E-state index contributed by atoms with van der Waals surface area (Å²) in [6, 6.07) is 5.99. The minimum Gasteiger partial charge on any atom is -0.491 e. The van der Waals surface area contributed by atoms with E-state index in [0.29, 0.717) is 6.54 Å². The normalized spacial score (nSPS) is 13.7. The topological polar surface area (TPSA) is 47.6 Å². The van der Waals surface area contributed by atoms with E-state index in [-0.39, 0.29) is 12.6 Å². The number of methoxy groups -OCH3 is 1. The van der Waals surface area contributed by atoms with E-state index in [1.165, 1.54) is 7.11 Å². The van der Waals surface area contributed by atoms with Crippen LogP contribution in [0, 0.1) is 13.8 Å². The lowest BCUT2D eigenvalue weighted by molar-refractivity contribution is -0.149. The first-order valence-electron chi connectivity index (χ1n) is 6.46. The van der Waals surface area contributed by atoms with Gasteiger partial charge in [-0.25, -0.2) is 4.79 Å². The molecule has 4 heteroatoms. The van der Waals surface area contributed by atoms with Gasteiger partial charge in [0.15, 0.2) is 0 Å². The maximum atomic E-state index is 11.8. The van der Waals surface area contributed by atoms with Crippen LogP contribution in [0.15, 0.2) is 18.2 Å². The Morgan fingerprint density at radius 1 is 1.26 bits per heavy atom. The number of hydrogen-bond acceptors (Lipinski definition) is 4. The Morgan fingerprint density at radius 2 is 1.84 bits per heavy atom. The number of benzene rings is 1. The van der Waals surface area contributed by atoms with Gasteiger partial charge in [0, 0.05) is 0 Å². The van der Waals surface area contributed by atoms with Crippen LogP contribution in [0.1, 0.15) is 25.0 Å². The molecular weight excluding hydrogens is 242 g/mol. The summed E-state index contributed by atoms with van der Waals surface area (Å²) in [5, 5.41) is 3.11. The van der Waals surface area contributed by atoms with Gasteiger partial charge in [-0.2, -0.15) is 0 Å². The zero-order valence-corrected chi connectivity index (χ0v) is 12.4. The molecule has 0 radical (unpaired) electrons. The molecule has 0 bridgehead atoms. The lowest BCUT2D eigenvalue weighted by atomic mass is 10.0. The molecule has 1 atom stereocenters. The first kappa shape index (κ1) is 15.5. The highest BCUT2D eigenvalue weighted by Crippen LogP contribution is 2.18. The molecular formula is C15H23NO3. The highest BCUT2D eigenvalue weighted by molar-refractivity contribution is 5.80. The Balaban J connectivity index is 2.78. The molecule has 4 nitrogen and oxygen atoms in total. The first-order chi connectivity index (χ1) is 8.91. The van der Waals surface area contributed by atoms with Crippen LogP contribution in [0.5, 0.6) is 5.75 Å². The van der Waals surface area contributed by atoms with E-state index in [2.05, 4.69) is 11.4 Å². The number of carbonyl (C=O) groups excluding carboxylic acids is 1. The van der Waals surface area contributed by atoms with Crippen LogP contribution in [-0.4, -0.2) is 31.8 Å². The molecule has 0 aliphatic heterocycles. The third kappa shape index (κ3) is 4.24. The van der Waals surface area contributed by atoms with Crippen molar-refractivity contribution in [1.29, 1.82) is 0 Å². The predicted molar refractivity (Wildman–Crippen MR) is 75.5 cm³/mol. The van der Waals surface area contributed by atoms with Crippen molar-refractivity contribution < 1.29 is 14.3 Å². The van der Waals surface area contributed by atoms with Crippen LogP contribution in [0.4, 0.5) is 0 Å². The van der Waals surface area contributed by atoms with E-state index >= 15 is 0 Å². The van der Waals surface area contributed by atoms with Crippen molar-refractivity contribution in [2.45, 2.75) is 33.2 Å². The van der Waals surface area contributed by atoms with Crippen LogP contribution in [0.25, 0.3) is 0 Å². The summed E-state index contributed by atoms with van der Waals surface area (Å²) < 4.78 is 10.6. The Hall–Kier alpha value is -1.55. The van der Waals surface area contributed by atoms with Gasteiger partial charge in [0.1, 0.15) is 17.9 Å². The summed E-state index contributed by atoms with van der Waals surface area (Å²) in [7, 11) is 1.38. The molecule has 106 valence electrons. The van der Waals surface area contributed by atoms with Crippen molar-refractivity contribution in [2.75, 3.05) is 20.3 Å². The number of rotatable bonds is 6. The van der Waals surface area contributed by atoms with E-state index in [9.17, 15) is 4.79 Å². The van der Waals surface area contributed by atoms with E-state index < -0.39 is 5.54 Å². The lowest BCUT2D eigenvalue weighted by Gasteiger charge is -2.27. The average molecular weight is 265 g/mol. The minimum absolute atomic E-state index is 0.233. The number of esters is 1. The maximum absolute atomic E-state index is 11.8. The van der Waals surface area contributed by atoms with Gasteiger partial charge in [-0.1, -0.05) is 13.0 Å². The van der Waals surface area contributed by atoms with Crippen LogP contribution in [0.2, 0.25) is 0 Å². The first-order valence-corrected chi connectivity index (χ1v) is 6.46. The molecule has 0 saturated heterocycles. The van der Waals surface area contributed by atoms with Gasteiger partial charge in [-0.3, -0.25) is 5.32 Å². The molecule has 0 aliphatic rings. The summed E-state index contributed by atoms with van der Waals surface area (Å²) in [4.78, 5) is 11.8. The third-order valence-corrected chi connectivity index (χ3v) is 2.93. The molecule has 0 heterocycles. The Morgan fingerprint density at radius 3 is 2.32 bits per heavy atom. The molecule has 0 aliphatic carbocycles. The van der Waals surface area contributed by atoms with Crippen molar-refractivity contribution in [2.24, 2.45) is 0 Å². The fourth-order valence-corrected chi connectivity index (χ4v) is 2.04. The zero-order valence-electron chi connectivity index (χ0n) is 12.4. The molecule has 1 aromatic carbocycles. The van der Waals surface area contributed by atoms with Crippen molar-refractivity contribution in [3.8, 4) is 5.75 Å². The number of likely N-dealkylation sites (N-methyl/N-ethyl adjacent to an activating group) is 1. The molecule has 0 amide bonds.